The number of amides is 1. The summed E-state index contributed by atoms with van der Waals surface area (Å²) in [6.45, 7) is 3.80. The predicted octanol–water partition coefficient (Wildman–Crippen LogP) is 2.37. The van der Waals surface area contributed by atoms with Crippen LogP contribution >= 0.6 is 11.6 Å². The Hall–Kier alpha value is -2.01. The maximum atomic E-state index is 11.9. The monoisotopic (exact) mass is 278 g/mol. The maximum absolute atomic E-state index is 11.9. The number of nitrogens with zero attached hydrogens (tertiary/aromatic N) is 2. The largest absolute Gasteiger partial charge is 0.399 e. The molecule has 0 unspecified atom stereocenters. The van der Waals surface area contributed by atoms with E-state index in [4.69, 9.17) is 17.3 Å². The lowest BCUT2D eigenvalue weighted by Gasteiger charge is -2.09. The minimum Gasteiger partial charge on any atom is -0.399 e. The average Bonchev–Trinajstić information content (AvgIpc) is 2.62. The number of aromatic nitrogens is 2. The maximum Gasteiger partial charge on any atom is 0.246 e. The molecule has 100 valence electrons. The highest BCUT2D eigenvalue weighted by molar-refractivity contribution is 6.31. The minimum atomic E-state index is -0.160. The van der Waals surface area contributed by atoms with Crippen LogP contribution in [0.25, 0.3) is 0 Å². The molecule has 0 aliphatic heterocycles. The molecule has 2 aromatic rings. The van der Waals surface area contributed by atoms with Gasteiger partial charge in [-0.25, -0.2) is 0 Å². The van der Waals surface area contributed by atoms with Crippen LogP contribution < -0.4 is 11.1 Å². The van der Waals surface area contributed by atoms with Crippen molar-refractivity contribution in [2.24, 2.45) is 0 Å². The van der Waals surface area contributed by atoms with Crippen molar-refractivity contribution in [3.8, 4) is 0 Å². The number of hydrogen-bond donors (Lipinski definition) is 2. The first kappa shape index (κ1) is 13.4. The lowest BCUT2D eigenvalue weighted by molar-refractivity contribution is -0.116. The normalized spacial score (nSPS) is 10.5. The zero-order chi connectivity index (χ0) is 14.0. The number of nitrogens with one attached hydrogen (secondary N) is 1. The number of nitrogens with two attached hydrogens (primary N) is 1. The molecule has 0 saturated carbocycles. The Morgan fingerprint density at radius 2 is 2.21 bits per heavy atom. The zero-order valence-corrected chi connectivity index (χ0v) is 11.5. The summed E-state index contributed by atoms with van der Waals surface area (Å²) in [4.78, 5) is 11.9. The van der Waals surface area contributed by atoms with E-state index in [1.807, 2.05) is 13.0 Å². The molecule has 0 spiro atoms. The van der Waals surface area contributed by atoms with Gasteiger partial charge in [0.05, 0.1) is 10.7 Å². The summed E-state index contributed by atoms with van der Waals surface area (Å²) in [5, 5.41) is 7.50. The number of benzene rings is 1. The van der Waals surface area contributed by atoms with Crippen molar-refractivity contribution in [1.29, 1.82) is 0 Å². The molecule has 1 amide bonds. The highest BCUT2D eigenvalue weighted by atomic mass is 35.5. The molecule has 2 rings (SSSR count). The van der Waals surface area contributed by atoms with Crippen LogP contribution in [-0.2, 0) is 11.3 Å². The van der Waals surface area contributed by atoms with Crippen molar-refractivity contribution >= 4 is 28.9 Å². The number of halogens is 1. The Balaban J connectivity index is 2.05. The summed E-state index contributed by atoms with van der Waals surface area (Å²) in [7, 11) is 0. The Kier molecular flexibility index (Phi) is 3.76. The third-order valence-electron chi connectivity index (χ3n) is 2.72. The molecule has 0 aliphatic rings. The smallest absolute Gasteiger partial charge is 0.246 e. The van der Waals surface area contributed by atoms with E-state index in [2.05, 4.69) is 10.4 Å². The minimum absolute atomic E-state index is 0.122. The fourth-order valence-corrected chi connectivity index (χ4v) is 1.89. The van der Waals surface area contributed by atoms with Gasteiger partial charge in [-0.2, -0.15) is 5.10 Å². The van der Waals surface area contributed by atoms with E-state index in [0.717, 1.165) is 11.3 Å². The van der Waals surface area contributed by atoms with Crippen LogP contribution in [0.1, 0.15) is 11.3 Å². The van der Waals surface area contributed by atoms with Gasteiger partial charge >= 0.3 is 0 Å². The lowest BCUT2D eigenvalue weighted by Crippen LogP contribution is -2.19. The van der Waals surface area contributed by atoms with E-state index >= 15 is 0 Å². The Labute approximate surface area is 116 Å². The Morgan fingerprint density at radius 1 is 1.47 bits per heavy atom. The van der Waals surface area contributed by atoms with Gasteiger partial charge in [0.25, 0.3) is 0 Å². The number of carbonyl (C=O) groups is 1. The van der Waals surface area contributed by atoms with E-state index < -0.39 is 0 Å². The van der Waals surface area contributed by atoms with Crippen molar-refractivity contribution in [3.63, 3.8) is 0 Å². The molecule has 19 heavy (non-hydrogen) atoms. The highest BCUT2D eigenvalue weighted by Gasteiger charge is 2.08. The van der Waals surface area contributed by atoms with E-state index in [-0.39, 0.29) is 12.5 Å². The number of carbonyl (C=O) groups excluding carboxylic acids is 1. The molecule has 1 heterocycles. The third-order valence-corrected chi connectivity index (χ3v) is 3.09. The van der Waals surface area contributed by atoms with Gasteiger partial charge in [-0.05, 0) is 37.6 Å². The van der Waals surface area contributed by atoms with E-state index in [1.54, 1.807) is 25.3 Å². The molecular formula is C13H15ClN4O. The van der Waals surface area contributed by atoms with Crippen LogP contribution in [0.4, 0.5) is 11.4 Å². The van der Waals surface area contributed by atoms with Crippen LogP contribution in [0.2, 0.25) is 5.02 Å². The van der Waals surface area contributed by atoms with Crippen LogP contribution in [0.5, 0.6) is 0 Å². The van der Waals surface area contributed by atoms with Crippen LogP contribution in [0, 0.1) is 13.8 Å². The van der Waals surface area contributed by atoms with Crippen molar-refractivity contribution in [2.45, 2.75) is 20.4 Å². The standard InChI is InChI=1S/C13H15ClN4O/c1-8-5-10(15)3-4-12(8)16-13(19)7-18-6-11(14)9(2)17-18/h3-6H,7,15H2,1-2H3,(H,16,19). The van der Waals surface area contributed by atoms with E-state index in [1.165, 1.54) is 4.68 Å². The van der Waals surface area contributed by atoms with Crippen molar-refractivity contribution < 1.29 is 4.79 Å². The molecule has 0 radical (unpaired) electrons. The summed E-state index contributed by atoms with van der Waals surface area (Å²) in [6.07, 6.45) is 1.63. The number of anilines is 2. The summed E-state index contributed by atoms with van der Waals surface area (Å²) in [5.41, 5.74) is 8.70. The van der Waals surface area contributed by atoms with E-state index in [9.17, 15) is 4.79 Å². The van der Waals surface area contributed by atoms with Gasteiger partial charge < -0.3 is 11.1 Å². The second kappa shape index (κ2) is 5.32. The van der Waals surface area contributed by atoms with Crippen molar-refractivity contribution in [2.75, 3.05) is 11.1 Å². The highest BCUT2D eigenvalue weighted by Crippen LogP contribution is 2.18. The van der Waals surface area contributed by atoms with Crippen LogP contribution in [0.15, 0.2) is 24.4 Å². The molecule has 0 atom stereocenters. The van der Waals surface area contributed by atoms with Crippen LogP contribution in [-0.4, -0.2) is 15.7 Å². The first-order chi connectivity index (χ1) is 8.95. The first-order valence-electron chi connectivity index (χ1n) is 5.81. The first-order valence-corrected chi connectivity index (χ1v) is 6.19. The number of nitrogen functional groups attached to an aromatic ring is 1. The molecule has 0 saturated heterocycles. The zero-order valence-electron chi connectivity index (χ0n) is 10.8. The van der Waals surface area contributed by atoms with Gasteiger partial charge in [-0.3, -0.25) is 9.48 Å². The van der Waals surface area contributed by atoms with Gasteiger partial charge in [0.15, 0.2) is 0 Å². The molecule has 1 aromatic carbocycles. The molecule has 6 heteroatoms. The molecular weight excluding hydrogens is 264 g/mol. The quantitative estimate of drug-likeness (QED) is 0.847. The molecule has 3 N–H and O–H groups in total. The molecule has 1 aromatic heterocycles. The van der Waals surface area contributed by atoms with Gasteiger partial charge in [0.1, 0.15) is 6.54 Å². The molecule has 0 bridgehead atoms. The Bertz CT molecular complexity index is 602. The van der Waals surface area contributed by atoms with Gasteiger partial charge in [-0.15, -0.1) is 0 Å². The third kappa shape index (κ3) is 3.26. The van der Waals surface area contributed by atoms with E-state index in [0.29, 0.717) is 16.4 Å². The summed E-state index contributed by atoms with van der Waals surface area (Å²) >= 11 is 5.89. The fourth-order valence-electron chi connectivity index (χ4n) is 1.74. The number of aryl methyl sites for hydroxylation is 2. The second-order valence-corrected chi connectivity index (χ2v) is 4.79. The van der Waals surface area contributed by atoms with Gasteiger partial charge in [0.2, 0.25) is 5.91 Å². The summed E-state index contributed by atoms with van der Waals surface area (Å²) in [5.74, 6) is -0.160. The molecule has 5 nitrogen and oxygen atoms in total. The van der Waals surface area contributed by atoms with Crippen molar-refractivity contribution in [3.05, 3.63) is 40.7 Å². The molecule has 0 aliphatic carbocycles. The fraction of sp³-hybridized carbons (Fsp3) is 0.231. The van der Waals surface area contributed by atoms with Gasteiger partial charge in [-0.1, -0.05) is 11.6 Å². The molecule has 0 fully saturated rings. The second-order valence-electron chi connectivity index (χ2n) is 4.38. The SMILES string of the molecule is Cc1cc(N)ccc1NC(=O)Cn1cc(Cl)c(C)n1. The van der Waals surface area contributed by atoms with Crippen LogP contribution in [0.3, 0.4) is 0 Å². The Morgan fingerprint density at radius 3 is 2.79 bits per heavy atom. The summed E-state index contributed by atoms with van der Waals surface area (Å²) < 4.78 is 1.51. The number of rotatable bonds is 3. The van der Waals surface area contributed by atoms with Crippen molar-refractivity contribution in [1.82, 2.24) is 9.78 Å². The topological polar surface area (TPSA) is 72.9 Å². The lowest BCUT2D eigenvalue weighted by atomic mass is 10.2. The average molecular weight is 279 g/mol. The number of hydrogen-bond acceptors (Lipinski definition) is 3. The predicted molar refractivity (Wildman–Crippen MR) is 76.2 cm³/mol. The van der Waals surface area contributed by atoms with Gasteiger partial charge in [0, 0.05) is 17.6 Å². The summed E-state index contributed by atoms with van der Waals surface area (Å²) in [6, 6.07) is 5.34.